The molecule has 2 fully saturated rings. The van der Waals surface area contributed by atoms with Crippen LogP contribution in [-0.2, 0) is 36.4 Å². The summed E-state index contributed by atoms with van der Waals surface area (Å²) in [5, 5.41) is 2.65. The molecule has 1 amide bonds. The number of amides is 1. The molecular weight excluding hydrogens is 573 g/mol. The predicted molar refractivity (Wildman–Crippen MR) is 151 cm³/mol. The van der Waals surface area contributed by atoms with Gasteiger partial charge in [0, 0.05) is 12.6 Å². The lowest BCUT2D eigenvalue weighted by Gasteiger charge is -2.48. The number of nitrogens with one attached hydrogen (secondary N) is 1. The van der Waals surface area contributed by atoms with Gasteiger partial charge in [-0.15, -0.1) is 12.4 Å². The zero-order valence-electron chi connectivity index (χ0n) is 22.1. The Morgan fingerprint density at radius 1 is 1.07 bits per heavy atom. The van der Waals surface area contributed by atoms with Crippen molar-refractivity contribution >= 4 is 34.3 Å². The van der Waals surface area contributed by atoms with Crippen molar-refractivity contribution in [1.29, 1.82) is 0 Å². The van der Waals surface area contributed by atoms with E-state index in [-0.39, 0.29) is 42.7 Å². The molecule has 2 saturated heterocycles. The molecular formula is C29H31ClFN3O6S. The van der Waals surface area contributed by atoms with E-state index in [0.29, 0.717) is 30.7 Å². The van der Waals surface area contributed by atoms with Gasteiger partial charge in [0.05, 0.1) is 18.0 Å². The maximum atomic E-state index is 13.8. The van der Waals surface area contributed by atoms with Crippen LogP contribution in [0.4, 0.5) is 4.39 Å². The number of esters is 1. The van der Waals surface area contributed by atoms with Crippen molar-refractivity contribution in [3.63, 3.8) is 0 Å². The number of piperidine rings is 1. The van der Waals surface area contributed by atoms with Gasteiger partial charge < -0.3 is 20.5 Å². The van der Waals surface area contributed by atoms with E-state index in [4.69, 9.17) is 15.2 Å². The summed E-state index contributed by atoms with van der Waals surface area (Å²) in [6.45, 7) is 0.589. The number of nitrogens with two attached hydrogens (primary N) is 1. The molecule has 2 aliphatic heterocycles. The minimum absolute atomic E-state index is 0. The lowest BCUT2D eigenvalue weighted by atomic mass is 9.87. The number of carbonyl (C=O) groups is 2. The number of halogens is 2. The fourth-order valence-electron chi connectivity index (χ4n) is 4.90. The summed E-state index contributed by atoms with van der Waals surface area (Å²) in [6, 6.07) is 20.1. The van der Waals surface area contributed by atoms with E-state index in [1.54, 1.807) is 18.2 Å². The summed E-state index contributed by atoms with van der Waals surface area (Å²) >= 11 is 0. The first-order valence-electron chi connectivity index (χ1n) is 13.0. The molecule has 0 aromatic heterocycles. The van der Waals surface area contributed by atoms with Crippen molar-refractivity contribution in [2.45, 2.75) is 41.9 Å². The van der Waals surface area contributed by atoms with Gasteiger partial charge in [-0.3, -0.25) is 9.59 Å². The van der Waals surface area contributed by atoms with Crippen LogP contribution in [0.2, 0.25) is 0 Å². The number of hydrogen-bond acceptors (Lipinski definition) is 7. The molecule has 0 bridgehead atoms. The standard InChI is InChI=1S/C29H30FN3O6S.ClH/c30-22-10-5-11-23(17-22)39-29(21-8-2-1-3-9-21)18-33(19-29)40(36,37)24-12-4-7-20(15-24)16-25(31)28(35)38-26-13-6-14-32-27(26)34;/h1-5,7-12,15,17,25-26H,6,13-14,16,18-19,31H2,(H,32,34);1H/t25-,26?;/m0./s1. The highest BCUT2D eigenvalue weighted by Gasteiger charge is 2.52. The van der Waals surface area contributed by atoms with Gasteiger partial charge in [-0.2, -0.15) is 4.31 Å². The van der Waals surface area contributed by atoms with Gasteiger partial charge in [-0.05, 0) is 54.7 Å². The Kier molecular flexibility index (Phi) is 9.33. The van der Waals surface area contributed by atoms with Crippen LogP contribution in [-0.4, -0.2) is 56.4 Å². The van der Waals surface area contributed by atoms with E-state index in [0.717, 1.165) is 5.56 Å². The number of carbonyl (C=O) groups excluding carboxylic acids is 2. The third kappa shape index (κ3) is 6.70. The van der Waals surface area contributed by atoms with Crippen LogP contribution in [0.1, 0.15) is 24.0 Å². The summed E-state index contributed by atoms with van der Waals surface area (Å²) in [6.07, 6.45) is 0.299. The lowest BCUT2D eigenvalue weighted by Crippen LogP contribution is -2.64. The molecule has 0 saturated carbocycles. The minimum Gasteiger partial charge on any atom is -0.480 e. The van der Waals surface area contributed by atoms with Crippen LogP contribution < -0.4 is 15.8 Å². The van der Waals surface area contributed by atoms with Crippen LogP contribution in [0.25, 0.3) is 0 Å². The monoisotopic (exact) mass is 603 g/mol. The van der Waals surface area contributed by atoms with Crippen LogP contribution in [0.5, 0.6) is 5.75 Å². The van der Waals surface area contributed by atoms with Crippen molar-refractivity contribution in [2.75, 3.05) is 19.6 Å². The van der Waals surface area contributed by atoms with Gasteiger partial charge in [0.15, 0.2) is 11.7 Å². The zero-order chi connectivity index (χ0) is 28.3. The molecule has 2 aliphatic rings. The third-order valence-electron chi connectivity index (χ3n) is 7.06. The smallest absolute Gasteiger partial charge is 0.324 e. The number of benzene rings is 3. The predicted octanol–water partition coefficient (Wildman–Crippen LogP) is 2.92. The van der Waals surface area contributed by atoms with Crippen LogP contribution in [0.3, 0.4) is 0 Å². The van der Waals surface area contributed by atoms with Gasteiger partial charge in [-0.25, -0.2) is 12.8 Å². The highest BCUT2D eigenvalue weighted by atomic mass is 35.5. The first-order chi connectivity index (χ1) is 19.2. The third-order valence-corrected chi connectivity index (χ3v) is 8.85. The first-order valence-corrected chi connectivity index (χ1v) is 14.4. The number of rotatable bonds is 9. The van der Waals surface area contributed by atoms with Crippen LogP contribution >= 0.6 is 12.4 Å². The first kappa shape index (κ1) is 30.4. The largest absolute Gasteiger partial charge is 0.480 e. The number of sulfonamides is 1. The fourth-order valence-corrected chi connectivity index (χ4v) is 6.51. The van der Waals surface area contributed by atoms with Crippen LogP contribution in [0.15, 0.2) is 83.8 Å². The van der Waals surface area contributed by atoms with Gasteiger partial charge in [0.2, 0.25) is 10.0 Å². The van der Waals surface area contributed by atoms with Crippen molar-refractivity contribution < 1.29 is 31.9 Å². The second kappa shape index (κ2) is 12.6. The summed E-state index contributed by atoms with van der Waals surface area (Å²) in [5.41, 5.74) is 6.36. The highest BCUT2D eigenvalue weighted by molar-refractivity contribution is 7.89. The Bertz CT molecular complexity index is 1500. The summed E-state index contributed by atoms with van der Waals surface area (Å²) in [7, 11) is -3.92. The highest BCUT2D eigenvalue weighted by Crippen LogP contribution is 2.40. The van der Waals surface area contributed by atoms with Gasteiger partial charge in [-0.1, -0.05) is 48.5 Å². The van der Waals surface area contributed by atoms with E-state index in [1.807, 2.05) is 30.3 Å². The van der Waals surface area contributed by atoms with Gasteiger partial charge in [0.1, 0.15) is 17.6 Å². The van der Waals surface area contributed by atoms with Crippen LogP contribution in [0, 0.1) is 5.82 Å². The molecule has 1 unspecified atom stereocenters. The zero-order valence-corrected chi connectivity index (χ0v) is 23.7. The molecule has 0 radical (unpaired) electrons. The van der Waals surface area contributed by atoms with E-state index >= 15 is 0 Å². The normalized spacial score (nSPS) is 19.2. The number of nitrogens with zero attached hydrogens (tertiary/aromatic N) is 1. The van der Waals surface area contributed by atoms with Crippen molar-refractivity contribution in [3.05, 3.63) is 95.8 Å². The molecule has 12 heteroatoms. The van der Waals surface area contributed by atoms with Crippen molar-refractivity contribution in [3.8, 4) is 5.75 Å². The van der Waals surface area contributed by atoms with Crippen molar-refractivity contribution in [1.82, 2.24) is 9.62 Å². The molecule has 3 aromatic carbocycles. The molecule has 5 rings (SSSR count). The van der Waals surface area contributed by atoms with Gasteiger partial charge in [0.25, 0.3) is 5.91 Å². The van der Waals surface area contributed by atoms with Crippen molar-refractivity contribution in [2.24, 2.45) is 5.73 Å². The second-order valence-electron chi connectivity index (χ2n) is 10.0. The topological polar surface area (TPSA) is 128 Å². The van der Waals surface area contributed by atoms with Gasteiger partial charge >= 0.3 is 5.97 Å². The maximum absolute atomic E-state index is 13.8. The molecule has 2 heterocycles. The van der Waals surface area contributed by atoms with E-state index in [9.17, 15) is 22.4 Å². The van der Waals surface area contributed by atoms with E-state index < -0.39 is 39.6 Å². The Morgan fingerprint density at radius 3 is 2.51 bits per heavy atom. The summed E-state index contributed by atoms with van der Waals surface area (Å²) < 4.78 is 53.7. The molecule has 41 heavy (non-hydrogen) atoms. The minimum atomic E-state index is -3.92. The molecule has 0 spiro atoms. The quantitative estimate of drug-likeness (QED) is 0.360. The Hall–Kier alpha value is -3.51. The fraction of sp³-hybridized carbons (Fsp3) is 0.310. The Balaban J connectivity index is 0.00000387. The molecule has 3 aromatic rings. The molecule has 218 valence electrons. The van der Waals surface area contributed by atoms with E-state index in [2.05, 4.69) is 5.32 Å². The number of ether oxygens (including phenoxy) is 2. The average molecular weight is 604 g/mol. The van der Waals surface area contributed by atoms with E-state index in [1.165, 1.54) is 34.6 Å². The molecule has 9 nitrogen and oxygen atoms in total. The maximum Gasteiger partial charge on any atom is 0.324 e. The second-order valence-corrected chi connectivity index (χ2v) is 11.9. The Labute approximate surface area is 244 Å². The summed E-state index contributed by atoms with van der Waals surface area (Å²) in [4.78, 5) is 24.4. The molecule has 3 N–H and O–H groups in total. The average Bonchev–Trinajstić information content (AvgIpc) is 2.92. The SMILES string of the molecule is Cl.N[C@@H](Cc1cccc(S(=O)(=O)N2CC(Oc3cccc(F)c3)(c3ccccc3)C2)c1)C(=O)OC1CCCNC1=O. The summed E-state index contributed by atoms with van der Waals surface area (Å²) in [5.74, 6) is -1.22. The molecule has 0 aliphatic carbocycles. The number of hydrogen-bond donors (Lipinski definition) is 2. The molecule has 2 atom stereocenters. The Morgan fingerprint density at radius 2 is 1.80 bits per heavy atom. The lowest BCUT2D eigenvalue weighted by molar-refractivity contribution is -0.158.